The van der Waals surface area contributed by atoms with Gasteiger partial charge in [-0.1, -0.05) is 18.2 Å². The number of aromatic hydroxyl groups is 1. The van der Waals surface area contributed by atoms with Crippen LogP contribution in [-0.4, -0.2) is 59.3 Å². The third kappa shape index (κ3) is 5.66. The van der Waals surface area contributed by atoms with Gasteiger partial charge in [0, 0.05) is 19.6 Å². The molecule has 0 saturated heterocycles. The Bertz CT molecular complexity index is 768. The Morgan fingerprint density at radius 1 is 1.14 bits per heavy atom. The normalized spacial score (nSPS) is 25.9. The van der Waals surface area contributed by atoms with Crippen molar-refractivity contribution in [3.8, 4) is 11.5 Å². The largest absolute Gasteiger partial charge is 0.507 e. The lowest BCUT2D eigenvalue weighted by atomic mass is 10.0. The van der Waals surface area contributed by atoms with Crippen molar-refractivity contribution in [1.29, 1.82) is 0 Å². The van der Waals surface area contributed by atoms with Crippen LogP contribution in [0.3, 0.4) is 0 Å². The number of rotatable bonds is 3. The van der Waals surface area contributed by atoms with Crippen molar-refractivity contribution in [3.63, 3.8) is 0 Å². The van der Waals surface area contributed by atoms with E-state index in [9.17, 15) is 24.9 Å². The highest BCUT2D eigenvalue weighted by molar-refractivity contribution is 5.97. The number of esters is 1. The topological polar surface area (TPSA) is 123 Å². The first kappa shape index (κ1) is 21.6. The molecule has 0 radical (unpaired) electrons. The number of carbonyl (C=O) groups is 2. The third-order valence-corrected chi connectivity index (χ3v) is 4.06. The molecular formula is C20H24O8. The molecule has 3 unspecified atom stereocenters. The number of ketones is 1. The number of aliphatic hydroxyl groups is 2. The van der Waals surface area contributed by atoms with E-state index in [0.29, 0.717) is 5.56 Å². The number of ether oxygens (including phenoxy) is 3. The van der Waals surface area contributed by atoms with Gasteiger partial charge in [0.1, 0.15) is 29.3 Å². The van der Waals surface area contributed by atoms with E-state index in [4.69, 9.17) is 14.2 Å². The summed E-state index contributed by atoms with van der Waals surface area (Å²) in [6.07, 6.45) is 2.28. The summed E-state index contributed by atoms with van der Waals surface area (Å²) in [7, 11) is 1.44. The first-order chi connectivity index (χ1) is 13.3. The summed E-state index contributed by atoms with van der Waals surface area (Å²) >= 11 is 0. The summed E-state index contributed by atoms with van der Waals surface area (Å²) < 4.78 is 15.5. The van der Waals surface area contributed by atoms with Crippen LogP contribution in [0.15, 0.2) is 30.4 Å². The molecule has 0 fully saturated rings. The molecule has 0 amide bonds. The van der Waals surface area contributed by atoms with E-state index in [1.807, 2.05) is 0 Å². The number of fused-ring (bicyclic) bond motifs is 1. The fourth-order valence-electron chi connectivity index (χ4n) is 2.60. The van der Waals surface area contributed by atoms with E-state index >= 15 is 0 Å². The molecule has 1 heterocycles. The average molecular weight is 392 g/mol. The van der Waals surface area contributed by atoms with Crippen LogP contribution in [0.2, 0.25) is 0 Å². The lowest BCUT2D eigenvalue weighted by molar-refractivity contribution is -0.127. The number of hydrogen-bond donors (Lipinski definition) is 3. The number of hydrogen-bond acceptors (Lipinski definition) is 8. The van der Waals surface area contributed by atoms with E-state index in [0.717, 1.165) is 6.08 Å². The molecule has 0 spiro atoms. The molecule has 0 aromatic heterocycles. The fourth-order valence-corrected chi connectivity index (χ4v) is 2.60. The molecule has 1 aromatic rings. The second-order valence-electron chi connectivity index (χ2n) is 6.36. The van der Waals surface area contributed by atoms with Gasteiger partial charge >= 0.3 is 5.97 Å². The Labute approximate surface area is 162 Å². The maximum Gasteiger partial charge on any atom is 0.342 e. The second-order valence-corrected chi connectivity index (χ2v) is 6.36. The van der Waals surface area contributed by atoms with Crippen molar-refractivity contribution in [2.24, 2.45) is 0 Å². The maximum atomic E-state index is 12.6. The molecule has 8 heteroatoms. The standard InChI is InChI=1S/C20H24O8/c1-12-5-3-7-15(21)19(24)16(22)8-4-6-13-9-14(27-11-26-2)10-17(23)18(13)20(25)28-12/h3-4,6-7,9-10,12,16,19,22-24H,5,8,11H2,1-2H3/b6-4+,7-3-. The van der Waals surface area contributed by atoms with Crippen LogP contribution in [0.25, 0.3) is 6.08 Å². The van der Waals surface area contributed by atoms with E-state index < -0.39 is 30.1 Å². The van der Waals surface area contributed by atoms with Crippen LogP contribution in [0.1, 0.15) is 35.7 Å². The maximum absolute atomic E-state index is 12.6. The van der Waals surface area contributed by atoms with E-state index in [1.165, 1.54) is 37.5 Å². The molecule has 3 N–H and O–H groups in total. The van der Waals surface area contributed by atoms with Crippen molar-refractivity contribution in [2.75, 3.05) is 13.9 Å². The number of phenolic OH excluding ortho intramolecular Hbond substituents is 1. The van der Waals surface area contributed by atoms with Crippen molar-refractivity contribution in [1.82, 2.24) is 0 Å². The SMILES string of the molecule is COCOc1cc(O)c2c(c1)/C=C/CC(O)C(O)C(=O)/C=C\CC(C)OC2=O. The van der Waals surface area contributed by atoms with Crippen molar-refractivity contribution < 1.29 is 39.1 Å². The summed E-state index contributed by atoms with van der Waals surface area (Å²) in [4.78, 5) is 24.4. The molecule has 152 valence electrons. The number of methoxy groups -OCH3 is 1. The average Bonchev–Trinajstić information content (AvgIpc) is 2.64. The Hall–Kier alpha value is -2.68. The van der Waals surface area contributed by atoms with Gasteiger partial charge in [-0.2, -0.15) is 0 Å². The highest BCUT2D eigenvalue weighted by atomic mass is 16.7. The van der Waals surface area contributed by atoms with E-state index in [2.05, 4.69) is 0 Å². The van der Waals surface area contributed by atoms with E-state index in [-0.39, 0.29) is 36.7 Å². The summed E-state index contributed by atoms with van der Waals surface area (Å²) in [5.41, 5.74) is 0.240. The van der Waals surface area contributed by atoms with Gasteiger partial charge in [-0.05, 0) is 31.1 Å². The third-order valence-electron chi connectivity index (χ3n) is 4.06. The predicted octanol–water partition coefficient (Wildman–Crippen LogP) is 1.57. The molecule has 2 rings (SSSR count). The van der Waals surface area contributed by atoms with Crippen LogP contribution in [0.5, 0.6) is 11.5 Å². The van der Waals surface area contributed by atoms with Crippen LogP contribution < -0.4 is 4.74 Å². The zero-order valence-corrected chi connectivity index (χ0v) is 15.7. The minimum absolute atomic E-state index is 0.0461. The smallest absolute Gasteiger partial charge is 0.342 e. The van der Waals surface area contributed by atoms with Crippen LogP contribution >= 0.6 is 0 Å². The molecular weight excluding hydrogens is 368 g/mol. The van der Waals surface area contributed by atoms with Gasteiger partial charge in [0.2, 0.25) is 0 Å². The van der Waals surface area contributed by atoms with Gasteiger partial charge in [0.05, 0.1) is 6.10 Å². The molecule has 1 aliphatic heterocycles. The first-order valence-corrected chi connectivity index (χ1v) is 8.76. The molecule has 1 aromatic carbocycles. The number of aliphatic hydroxyl groups excluding tert-OH is 2. The minimum atomic E-state index is -1.56. The summed E-state index contributed by atoms with van der Waals surface area (Å²) in [6, 6.07) is 2.79. The van der Waals surface area contributed by atoms with Gasteiger partial charge in [0.25, 0.3) is 0 Å². The summed E-state index contributed by atoms with van der Waals surface area (Å²) in [5, 5.41) is 30.2. The Kier molecular flexibility index (Phi) is 7.74. The number of cyclic esters (lactones) is 1. The predicted molar refractivity (Wildman–Crippen MR) is 99.9 cm³/mol. The lowest BCUT2D eigenvalue weighted by Crippen LogP contribution is -2.32. The number of phenols is 1. The van der Waals surface area contributed by atoms with Crippen molar-refractivity contribution in [3.05, 3.63) is 41.5 Å². The van der Waals surface area contributed by atoms with Gasteiger partial charge in [-0.25, -0.2) is 4.79 Å². The second kappa shape index (κ2) is 10.0. The lowest BCUT2D eigenvalue weighted by Gasteiger charge is -2.17. The van der Waals surface area contributed by atoms with Crippen LogP contribution in [0.4, 0.5) is 0 Å². The summed E-state index contributed by atoms with van der Waals surface area (Å²) in [6.45, 7) is 1.58. The van der Waals surface area contributed by atoms with Crippen LogP contribution in [-0.2, 0) is 14.3 Å². The first-order valence-electron chi connectivity index (χ1n) is 8.76. The molecule has 0 saturated carbocycles. The molecule has 0 bridgehead atoms. The Morgan fingerprint density at radius 2 is 1.86 bits per heavy atom. The van der Waals surface area contributed by atoms with Gasteiger partial charge in [-0.3, -0.25) is 4.79 Å². The fraction of sp³-hybridized carbons (Fsp3) is 0.400. The Morgan fingerprint density at radius 3 is 2.57 bits per heavy atom. The monoisotopic (exact) mass is 392 g/mol. The number of benzene rings is 1. The molecule has 8 nitrogen and oxygen atoms in total. The molecule has 28 heavy (non-hydrogen) atoms. The van der Waals surface area contributed by atoms with Gasteiger partial charge < -0.3 is 29.5 Å². The molecule has 0 aliphatic carbocycles. The van der Waals surface area contributed by atoms with Crippen molar-refractivity contribution >= 4 is 17.8 Å². The molecule has 3 atom stereocenters. The highest BCUT2D eigenvalue weighted by Gasteiger charge is 2.23. The summed E-state index contributed by atoms with van der Waals surface area (Å²) in [5.74, 6) is -1.43. The van der Waals surface area contributed by atoms with E-state index in [1.54, 1.807) is 6.92 Å². The zero-order chi connectivity index (χ0) is 20.7. The van der Waals surface area contributed by atoms with Crippen molar-refractivity contribution in [2.45, 2.75) is 38.1 Å². The zero-order valence-electron chi connectivity index (χ0n) is 15.7. The van der Waals surface area contributed by atoms with Gasteiger partial charge in [-0.15, -0.1) is 0 Å². The Balaban J connectivity index is 2.43. The highest BCUT2D eigenvalue weighted by Crippen LogP contribution is 2.30. The van der Waals surface area contributed by atoms with Gasteiger partial charge in [0.15, 0.2) is 12.6 Å². The minimum Gasteiger partial charge on any atom is -0.507 e. The number of carbonyl (C=O) groups excluding carboxylic acids is 2. The molecule has 1 aliphatic rings. The quantitative estimate of drug-likeness (QED) is 0.523. The van der Waals surface area contributed by atoms with Crippen LogP contribution in [0, 0.1) is 0 Å².